The van der Waals surface area contributed by atoms with E-state index in [1.165, 1.54) is 24.0 Å². The predicted octanol–water partition coefficient (Wildman–Crippen LogP) is 3.28. The second kappa shape index (κ2) is 5.50. The molecule has 0 bridgehead atoms. The number of hydrogen-bond donors (Lipinski definition) is 0. The monoisotopic (exact) mass is 299 g/mol. The van der Waals surface area contributed by atoms with Gasteiger partial charge in [0.15, 0.2) is 0 Å². The molecule has 0 N–H and O–H groups in total. The Bertz CT molecular complexity index is 568. The highest BCUT2D eigenvalue weighted by Crippen LogP contribution is 2.35. The zero-order valence-electron chi connectivity index (χ0n) is 11.8. The molecule has 1 aromatic rings. The van der Waals surface area contributed by atoms with Crippen LogP contribution in [-0.2, 0) is 15.8 Å². The first kappa shape index (κ1) is 15.5. The number of amides is 1. The van der Waals surface area contributed by atoms with Gasteiger partial charge >= 0.3 is 6.18 Å². The zero-order chi connectivity index (χ0) is 15.8. The Morgan fingerprint density at radius 2 is 2.05 bits per heavy atom. The summed E-state index contributed by atoms with van der Waals surface area (Å²) in [5, 5.41) is 0. The Morgan fingerprint density at radius 3 is 2.52 bits per heavy atom. The zero-order valence-corrected chi connectivity index (χ0v) is 11.8. The van der Waals surface area contributed by atoms with Gasteiger partial charge in [-0.15, -0.1) is 0 Å². The summed E-state index contributed by atoms with van der Waals surface area (Å²) in [4.78, 5) is 25.2. The molecule has 1 amide bonds. The summed E-state index contributed by atoms with van der Waals surface area (Å²) in [7, 11) is 0. The standard InChI is InChI=1S/C15H16F3NO2/c1-3-10-8-19(14(21)13(10)9(2)20)12-6-4-5-11(7-12)15(16,17)18/h4-7,10,13H,3,8H2,1-2H3. The minimum absolute atomic E-state index is 0.149. The lowest BCUT2D eigenvalue weighted by molar-refractivity contribution is -0.137. The fourth-order valence-electron chi connectivity index (χ4n) is 2.75. The molecule has 2 unspecified atom stereocenters. The quantitative estimate of drug-likeness (QED) is 0.803. The maximum absolute atomic E-state index is 12.7. The number of rotatable bonds is 3. The molecule has 1 fully saturated rings. The number of carbonyl (C=O) groups excluding carboxylic acids is 2. The van der Waals surface area contributed by atoms with E-state index >= 15 is 0 Å². The first-order valence-electron chi connectivity index (χ1n) is 6.74. The molecular weight excluding hydrogens is 283 g/mol. The van der Waals surface area contributed by atoms with E-state index < -0.39 is 23.6 Å². The summed E-state index contributed by atoms with van der Waals surface area (Å²) in [6.07, 6.45) is -3.83. The summed E-state index contributed by atoms with van der Waals surface area (Å²) in [5.41, 5.74) is -0.607. The smallest absolute Gasteiger partial charge is 0.311 e. The number of alkyl halides is 3. The molecule has 2 rings (SSSR count). The molecule has 114 valence electrons. The number of halogens is 3. The van der Waals surface area contributed by atoms with Crippen molar-refractivity contribution < 1.29 is 22.8 Å². The van der Waals surface area contributed by atoms with E-state index in [4.69, 9.17) is 0 Å². The third-order valence-electron chi connectivity index (χ3n) is 3.87. The van der Waals surface area contributed by atoms with Gasteiger partial charge in [-0.2, -0.15) is 13.2 Å². The van der Waals surface area contributed by atoms with E-state index in [9.17, 15) is 22.8 Å². The van der Waals surface area contributed by atoms with E-state index in [1.807, 2.05) is 6.92 Å². The summed E-state index contributed by atoms with van der Waals surface area (Å²) >= 11 is 0. The second-order valence-electron chi connectivity index (χ2n) is 5.25. The number of benzene rings is 1. The van der Waals surface area contributed by atoms with Gasteiger partial charge in [-0.25, -0.2) is 0 Å². The Morgan fingerprint density at radius 1 is 1.38 bits per heavy atom. The average molecular weight is 299 g/mol. The van der Waals surface area contributed by atoms with E-state index in [0.29, 0.717) is 6.42 Å². The minimum Gasteiger partial charge on any atom is -0.311 e. The van der Waals surface area contributed by atoms with Crippen LogP contribution in [0, 0.1) is 11.8 Å². The third kappa shape index (κ3) is 2.94. The molecule has 21 heavy (non-hydrogen) atoms. The lowest BCUT2D eigenvalue weighted by Gasteiger charge is -2.18. The predicted molar refractivity (Wildman–Crippen MR) is 71.7 cm³/mol. The molecule has 3 nitrogen and oxygen atoms in total. The Kier molecular flexibility index (Phi) is 4.07. The van der Waals surface area contributed by atoms with Gasteiger partial charge in [0.2, 0.25) is 5.91 Å². The Balaban J connectivity index is 2.35. The van der Waals surface area contributed by atoms with Crippen LogP contribution in [0.5, 0.6) is 0 Å². The molecule has 0 saturated carbocycles. The van der Waals surface area contributed by atoms with Crippen LogP contribution in [0.3, 0.4) is 0 Å². The van der Waals surface area contributed by atoms with Crippen molar-refractivity contribution in [3.8, 4) is 0 Å². The Hall–Kier alpha value is -1.85. The maximum Gasteiger partial charge on any atom is 0.416 e. The van der Waals surface area contributed by atoms with Crippen LogP contribution in [0.2, 0.25) is 0 Å². The summed E-state index contributed by atoms with van der Waals surface area (Å²) in [6.45, 7) is 3.49. The van der Waals surface area contributed by atoms with Crippen LogP contribution < -0.4 is 4.90 Å². The van der Waals surface area contributed by atoms with Crippen molar-refractivity contribution in [2.75, 3.05) is 11.4 Å². The third-order valence-corrected chi connectivity index (χ3v) is 3.87. The minimum atomic E-state index is -4.46. The molecule has 0 spiro atoms. The first-order valence-corrected chi connectivity index (χ1v) is 6.74. The maximum atomic E-state index is 12.7. The van der Waals surface area contributed by atoms with Gasteiger partial charge in [-0.05, 0) is 31.0 Å². The van der Waals surface area contributed by atoms with Crippen LogP contribution in [-0.4, -0.2) is 18.2 Å². The van der Waals surface area contributed by atoms with E-state index in [0.717, 1.165) is 12.1 Å². The molecule has 2 atom stereocenters. The molecule has 1 aromatic carbocycles. The largest absolute Gasteiger partial charge is 0.416 e. The van der Waals surface area contributed by atoms with Crippen molar-refractivity contribution in [1.82, 2.24) is 0 Å². The number of Topliss-reactive ketones (excluding diaryl/α,β-unsaturated/α-hetero) is 1. The molecule has 1 aliphatic heterocycles. The van der Waals surface area contributed by atoms with Crippen LogP contribution in [0.15, 0.2) is 24.3 Å². The molecule has 6 heteroatoms. The van der Waals surface area contributed by atoms with Crippen molar-refractivity contribution in [2.24, 2.45) is 11.8 Å². The summed E-state index contributed by atoms with van der Waals surface area (Å²) in [5.74, 6) is -1.54. The van der Waals surface area contributed by atoms with Crippen molar-refractivity contribution in [3.63, 3.8) is 0 Å². The van der Waals surface area contributed by atoms with Gasteiger partial charge in [-0.1, -0.05) is 19.4 Å². The molecule has 1 saturated heterocycles. The SMILES string of the molecule is CCC1CN(c2cccc(C(F)(F)F)c2)C(=O)C1C(C)=O. The summed E-state index contributed by atoms with van der Waals surface area (Å²) < 4.78 is 38.2. The first-order chi connectivity index (χ1) is 9.75. The number of ketones is 1. The van der Waals surface area contributed by atoms with Gasteiger partial charge in [0, 0.05) is 12.2 Å². The molecule has 0 radical (unpaired) electrons. The highest BCUT2D eigenvalue weighted by atomic mass is 19.4. The van der Waals surface area contributed by atoms with Gasteiger partial charge in [-0.3, -0.25) is 9.59 Å². The number of anilines is 1. The number of carbonyl (C=O) groups is 2. The fraction of sp³-hybridized carbons (Fsp3) is 0.467. The van der Waals surface area contributed by atoms with Crippen molar-refractivity contribution in [2.45, 2.75) is 26.4 Å². The van der Waals surface area contributed by atoms with Gasteiger partial charge in [0.25, 0.3) is 0 Å². The lowest BCUT2D eigenvalue weighted by atomic mass is 9.90. The van der Waals surface area contributed by atoms with E-state index in [-0.39, 0.29) is 23.9 Å². The topological polar surface area (TPSA) is 37.4 Å². The van der Waals surface area contributed by atoms with Crippen LogP contribution in [0.25, 0.3) is 0 Å². The van der Waals surface area contributed by atoms with Crippen LogP contribution >= 0.6 is 0 Å². The lowest BCUT2D eigenvalue weighted by Crippen LogP contribution is -2.29. The van der Waals surface area contributed by atoms with Gasteiger partial charge in [0.05, 0.1) is 5.56 Å². The Labute approximate surface area is 120 Å². The van der Waals surface area contributed by atoms with Crippen molar-refractivity contribution in [3.05, 3.63) is 29.8 Å². The normalized spacial score (nSPS) is 22.7. The van der Waals surface area contributed by atoms with Crippen molar-refractivity contribution in [1.29, 1.82) is 0 Å². The molecule has 1 aliphatic rings. The van der Waals surface area contributed by atoms with E-state index in [2.05, 4.69) is 0 Å². The van der Waals surface area contributed by atoms with Crippen LogP contribution in [0.4, 0.5) is 18.9 Å². The fourth-order valence-corrected chi connectivity index (χ4v) is 2.75. The molecule has 0 aromatic heterocycles. The average Bonchev–Trinajstić information content (AvgIpc) is 2.75. The van der Waals surface area contributed by atoms with Gasteiger partial charge in [0.1, 0.15) is 11.7 Å². The van der Waals surface area contributed by atoms with E-state index in [1.54, 1.807) is 0 Å². The summed E-state index contributed by atoms with van der Waals surface area (Å²) in [6, 6.07) is 4.65. The number of nitrogens with zero attached hydrogens (tertiary/aromatic N) is 1. The molecular formula is C15H16F3NO2. The highest BCUT2D eigenvalue weighted by molar-refractivity contribution is 6.10. The highest BCUT2D eigenvalue weighted by Gasteiger charge is 2.43. The molecule has 0 aliphatic carbocycles. The second-order valence-corrected chi connectivity index (χ2v) is 5.25. The molecule has 1 heterocycles. The van der Waals surface area contributed by atoms with Crippen molar-refractivity contribution >= 4 is 17.4 Å². The number of hydrogen-bond acceptors (Lipinski definition) is 2. The van der Waals surface area contributed by atoms with Crippen LogP contribution in [0.1, 0.15) is 25.8 Å². The van der Waals surface area contributed by atoms with Gasteiger partial charge < -0.3 is 4.90 Å².